The van der Waals surface area contributed by atoms with E-state index < -0.39 is 19.9 Å². The molecule has 0 aliphatic rings. The molecule has 0 unspecified atom stereocenters. The Bertz CT molecular complexity index is 1350. The van der Waals surface area contributed by atoms with E-state index >= 15 is 0 Å². The summed E-state index contributed by atoms with van der Waals surface area (Å²) in [4.78, 5) is 8.81. The molecule has 0 saturated carbocycles. The number of sulfone groups is 1. The van der Waals surface area contributed by atoms with Crippen LogP contribution in [0.25, 0.3) is 11.0 Å². The summed E-state index contributed by atoms with van der Waals surface area (Å²) >= 11 is 0. The van der Waals surface area contributed by atoms with Crippen molar-refractivity contribution in [2.45, 2.75) is 16.3 Å². The Morgan fingerprint density at radius 3 is 2.09 bits per heavy atom. The minimum Gasteiger partial charge on any atom is -0.383 e. The van der Waals surface area contributed by atoms with E-state index in [0.717, 1.165) is 6.26 Å². The van der Waals surface area contributed by atoms with Gasteiger partial charge < -0.3 is 26.3 Å². The number of fused-ring (bicyclic) bond motifs is 1. The van der Waals surface area contributed by atoms with Crippen LogP contribution in [0.1, 0.15) is 0 Å². The fourth-order valence-corrected chi connectivity index (χ4v) is 4.95. The van der Waals surface area contributed by atoms with Gasteiger partial charge in [0.15, 0.2) is 21.5 Å². The zero-order valence-electron chi connectivity index (χ0n) is 18.1. The van der Waals surface area contributed by atoms with Crippen molar-refractivity contribution < 1.29 is 16.8 Å². The molecule has 0 radical (unpaired) electrons. The Kier molecular flexibility index (Phi) is 6.48. The summed E-state index contributed by atoms with van der Waals surface area (Å²) in [6, 6.07) is 5.05. The largest absolute Gasteiger partial charge is 0.383 e. The molecule has 0 fully saturated rings. The molecular weight excluding hydrogens is 456 g/mol. The van der Waals surface area contributed by atoms with E-state index in [0.29, 0.717) is 28.5 Å². The Labute approximate surface area is 186 Å². The third kappa shape index (κ3) is 4.42. The number of nitrogen functional groups attached to an aromatic ring is 1. The van der Waals surface area contributed by atoms with E-state index in [1.165, 1.54) is 24.3 Å². The number of nitrogens with one attached hydrogen (secondary N) is 4. The number of benzene rings is 1. The van der Waals surface area contributed by atoms with E-state index in [1.54, 1.807) is 25.7 Å². The Balaban J connectivity index is 1.89. The van der Waals surface area contributed by atoms with Crippen LogP contribution in [0, 0.1) is 0 Å². The molecule has 174 valence electrons. The number of imidazole rings is 1. The maximum Gasteiger partial charge on any atom is 0.240 e. The van der Waals surface area contributed by atoms with Gasteiger partial charge in [-0.1, -0.05) is 0 Å². The van der Waals surface area contributed by atoms with Crippen LogP contribution in [0.15, 0.2) is 34.1 Å². The highest BCUT2D eigenvalue weighted by Gasteiger charge is 2.21. The van der Waals surface area contributed by atoms with Crippen LogP contribution in [0.5, 0.6) is 0 Å². The van der Waals surface area contributed by atoms with Crippen LogP contribution in [0.2, 0.25) is 0 Å². The van der Waals surface area contributed by atoms with E-state index in [-0.39, 0.29) is 28.7 Å². The summed E-state index contributed by atoms with van der Waals surface area (Å²) < 4.78 is 52.8. The third-order valence-electron chi connectivity index (χ3n) is 4.82. The van der Waals surface area contributed by atoms with Crippen LogP contribution in [0.4, 0.5) is 23.3 Å². The molecule has 32 heavy (non-hydrogen) atoms. The number of nitrogens with zero attached hydrogens (tertiary/aromatic N) is 3. The highest BCUT2D eigenvalue weighted by atomic mass is 32.2. The average Bonchev–Trinajstić information content (AvgIpc) is 3.12. The monoisotopic (exact) mass is 482 g/mol. The zero-order valence-corrected chi connectivity index (χ0v) is 19.7. The standard InChI is InChI=1S/C18H26N8O4S2/c1-20-14-15-13(16(19)25-17(14)21-2)24-18(22-3)26(15)10-9-23-32(29,30)12-7-5-11(6-8-12)31(4,27)28/h5-8,20,23H,9-10H2,1-4H3,(H,22,24)(H3,19,21,25). The highest BCUT2D eigenvalue weighted by molar-refractivity contribution is 7.90. The van der Waals surface area contributed by atoms with E-state index in [4.69, 9.17) is 5.73 Å². The topological polar surface area (TPSA) is 173 Å². The van der Waals surface area contributed by atoms with Crippen molar-refractivity contribution in [1.29, 1.82) is 0 Å². The Hall–Kier alpha value is -3.10. The molecule has 0 saturated heterocycles. The number of sulfonamides is 1. The second-order valence-electron chi connectivity index (χ2n) is 6.90. The maximum atomic E-state index is 12.7. The van der Waals surface area contributed by atoms with E-state index in [9.17, 15) is 16.8 Å². The molecule has 0 bridgehead atoms. The van der Waals surface area contributed by atoms with Gasteiger partial charge in [-0.25, -0.2) is 31.5 Å². The molecule has 12 nitrogen and oxygen atoms in total. The minimum atomic E-state index is -3.85. The fraction of sp³-hybridized carbons (Fsp3) is 0.333. The second-order valence-corrected chi connectivity index (χ2v) is 10.7. The molecule has 2 aromatic heterocycles. The van der Waals surface area contributed by atoms with Gasteiger partial charge in [0, 0.05) is 40.5 Å². The number of rotatable bonds is 9. The predicted octanol–water partition coefficient (Wildman–Crippen LogP) is 0.521. The molecule has 3 aromatic rings. The molecule has 6 N–H and O–H groups in total. The number of hydrogen-bond donors (Lipinski definition) is 5. The lowest BCUT2D eigenvalue weighted by molar-refractivity contribution is 0.574. The summed E-state index contributed by atoms with van der Waals surface area (Å²) in [5.41, 5.74) is 7.90. The number of hydrogen-bond acceptors (Lipinski definition) is 10. The fourth-order valence-electron chi connectivity index (χ4n) is 3.29. The van der Waals surface area contributed by atoms with Gasteiger partial charge in [-0.3, -0.25) is 0 Å². The van der Waals surface area contributed by atoms with Crippen molar-refractivity contribution in [2.24, 2.45) is 0 Å². The van der Waals surface area contributed by atoms with Gasteiger partial charge in [0.25, 0.3) is 0 Å². The summed E-state index contributed by atoms with van der Waals surface area (Å²) in [6.45, 7) is 0.297. The van der Waals surface area contributed by atoms with Gasteiger partial charge in [0.2, 0.25) is 16.0 Å². The van der Waals surface area contributed by atoms with Gasteiger partial charge in [-0.15, -0.1) is 0 Å². The van der Waals surface area contributed by atoms with Crippen LogP contribution in [0.3, 0.4) is 0 Å². The second kappa shape index (κ2) is 8.80. The summed E-state index contributed by atoms with van der Waals surface area (Å²) in [5.74, 6) is 1.27. The van der Waals surface area contributed by atoms with Crippen molar-refractivity contribution in [3.8, 4) is 0 Å². The molecule has 3 rings (SSSR count). The molecule has 14 heteroatoms. The van der Waals surface area contributed by atoms with Crippen molar-refractivity contribution in [3.63, 3.8) is 0 Å². The molecule has 0 spiro atoms. The first-order chi connectivity index (χ1) is 15.0. The van der Waals surface area contributed by atoms with Crippen molar-refractivity contribution in [3.05, 3.63) is 24.3 Å². The van der Waals surface area contributed by atoms with Gasteiger partial charge in [0.05, 0.1) is 9.79 Å². The molecule has 0 aliphatic heterocycles. The molecule has 0 amide bonds. The highest BCUT2D eigenvalue weighted by Crippen LogP contribution is 2.34. The summed E-state index contributed by atoms with van der Waals surface area (Å²) in [5, 5.41) is 9.06. The third-order valence-corrected chi connectivity index (χ3v) is 7.42. The van der Waals surface area contributed by atoms with Crippen LogP contribution < -0.4 is 26.4 Å². The lowest BCUT2D eigenvalue weighted by Crippen LogP contribution is -2.27. The zero-order chi connectivity index (χ0) is 23.7. The molecule has 1 aromatic carbocycles. The van der Waals surface area contributed by atoms with Crippen molar-refractivity contribution in [1.82, 2.24) is 19.3 Å². The Morgan fingerprint density at radius 2 is 1.56 bits per heavy atom. The maximum absolute atomic E-state index is 12.7. The molecule has 0 aliphatic carbocycles. The van der Waals surface area contributed by atoms with Gasteiger partial charge in [-0.2, -0.15) is 0 Å². The number of pyridine rings is 1. The summed E-state index contributed by atoms with van der Waals surface area (Å²) in [7, 11) is -2.10. The van der Waals surface area contributed by atoms with Crippen LogP contribution >= 0.6 is 0 Å². The minimum absolute atomic E-state index is 0.0314. The van der Waals surface area contributed by atoms with Crippen molar-refractivity contribution in [2.75, 3.05) is 55.6 Å². The molecular formula is C18H26N8O4S2. The van der Waals surface area contributed by atoms with Crippen LogP contribution in [-0.4, -0.2) is 65.3 Å². The smallest absolute Gasteiger partial charge is 0.240 e. The van der Waals surface area contributed by atoms with Gasteiger partial charge in [0.1, 0.15) is 16.7 Å². The molecule has 2 heterocycles. The van der Waals surface area contributed by atoms with E-state index in [2.05, 4.69) is 30.6 Å². The predicted molar refractivity (Wildman–Crippen MR) is 125 cm³/mol. The average molecular weight is 483 g/mol. The Morgan fingerprint density at radius 1 is 0.938 bits per heavy atom. The number of nitrogens with two attached hydrogens (primary N) is 1. The number of anilines is 4. The SMILES string of the molecule is CNc1nc(N)c2nc(NC)n(CCNS(=O)(=O)c3ccc(S(C)(=O)=O)cc3)c2c1NC. The van der Waals surface area contributed by atoms with Gasteiger partial charge in [-0.05, 0) is 24.3 Å². The number of aromatic nitrogens is 3. The molecule has 0 atom stereocenters. The van der Waals surface area contributed by atoms with Crippen LogP contribution in [-0.2, 0) is 26.4 Å². The first-order valence-corrected chi connectivity index (χ1v) is 12.9. The van der Waals surface area contributed by atoms with Gasteiger partial charge >= 0.3 is 0 Å². The first kappa shape index (κ1) is 23.6. The van der Waals surface area contributed by atoms with E-state index in [1.807, 2.05) is 0 Å². The normalized spacial score (nSPS) is 12.1. The lowest BCUT2D eigenvalue weighted by Gasteiger charge is -2.15. The summed E-state index contributed by atoms with van der Waals surface area (Å²) in [6.07, 6.45) is 1.06. The first-order valence-electron chi connectivity index (χ1n) is 9.56. The quantitative estimate of drug-likeness (QED) is 0.289. The van der Waals surface area contributed by atoms with Crippen molar-refractivity contribution >= 4 is 54.2 Å². The lowest BCUT2D eigenvalue weighted by atomic mass is 10.3.